The van der Waals surface area contributed by atoms with Crippen molar-refractivity contribution in [1.29, 1.82) is 0 Å². The number of nitrogens with one attached hydrogen (secondary N) is 2. The van der Waals surface area contributed by atoms with Crippen LogP contribution in [0.3, 0.4) is 0 Å². The topological polar surface area (TPSA) is 122 Å². The van der Waals surface area contributed by atoms with Crippen molar-refractivity contribution in [3.8, 4) is 0 Å². The lowest BCUT2D eigenvalue weighted by molar-refractivity contribution is -0.137. The molecule has 0 atom stereocenters. The van der Waals surface area contributed by atoms with Crippen LogP contribution in [0.1, 0.15) is 0 Å². The highest BCUT2D eigenvalue weighted by atomic mass is 32.2. The van der Waals surface area contributed by atoms with Crippen LogP contribution in [0, 0.1) is 0 Å². The lowest BCUT2D eigenvalue weighted by Gasteiger charge is -2.08. The zero-order valence-electron chi connectivity index (χ0n) is 10.9. The molecule has 8 nitrogen and oxygen atoms in total. The number of carbonyl (C=O) groups excluding carboxylic acids is 2. The first kappa shape index (κ1) is 16.7. The molecule has 1 aromatic rings. The van der Waals surface area contributed by atoms with E-state index >= 15 is 0 Å². The van der Waals surface area contributed by atoms with E-state index in [2.05, 4.69) is 21.9 Å². The van der Waals surface area contributed by atoms with Crippen molar-refractivity contribution in [3.05, 3.63) is 36.9 Å². The Morgan fingerprint density at radius 2 is 1.90 bits per heavy atom. The number of carbonyl (C=O) groups is 2. The normalized spacial score (nSPS) is 10.5. The third kappa shape index (κ3) is 6.06. The molecular formula is C12H14N2O6S. The monoisotopic (exact) mass is 314 g/mol. The quantitative estimate of drug-likeness (QED) is 0.309. The summed E-state index contributed by atoms with van der Waals surface area (Å²) in [6.45, 7) is 3.33. The average molecular weight is 314 g/mol. The van der Waals surface area contributed by atoms with Crippen LogP contribution >= 0.6 is 0 Å². The molecule has 0 aliphatic heterocycles. The maximum atomic E-state index is 11.5. The smallest absolute Gasteiger partial charge is 0.330 e. The van der Waals surface area contributed by atoms with Crippen LogP contribution in [0.5, 0.6) is 0 Å². The summed E-state index contributed by atoms with van der Waals surface area (Å²) in [5, 5.41) is 4.86. The summed E-state index contributed by atoms with van der Waals surface area (Å²) in [6.07, 6.45) is 1.01. The molecule has 21 heavy (non-hydrogen) atoms. The number of rotatable bonds is 6. The maximum Gasteiger partial charge on any atom is 0.330 e. The first-order chi connectivity index (χ1) is 9.82. The molecular weight excluding hydrogens is 300 g/mol. The van der Waals surface area contributed by atoms with Gasteiger partial charge in [0.05, 0.1) is 11.4 Å². The molecule has 0 saturated heterocycles. The first-order valence-corrected chi connectivity index (χ1v) is 7.18. The number of anilines is 1. The van der Waals surface area contributed by atoms with Gasteiger partial charge in [-0.25, -0.2) is 9.59 Å². The van der Waals surface area contributed by atoms with Crippen LogP contribution in [0.2, 0.25) is 0 Å². The van der Waals surface area contributed by atoms with E-state index in [1.165, 1.54) is 12.1 Å². The van der Waals surface area contributed by atoms with Crippen LogP contribution in [0.15, 0.2) is 41.8 Å². The van der Waals surface area contributed by atoms with Crippen LogP contribution in [-0.4, -0.2) is 38.1 Å². The molecule has 0 radical (unpaired) electrons. The summed E-state index contributed by atoms with van der Waals surface area (Å²) >= 11 is 0. The Morgan fingerprint density at radius 1 is 1.29 bits per heavy atom. The van der Waals surface area contributed by atoms with E-state index in [-0.39, 0.29) is 18.0 Å². The van der Waals surface area contributed by atoms with Gasteiger partial charge in [-0.05, 0) is 24.3 Å². The van der Waals surface area contributed by atoms with E-state index < -0.39 is 22.1 Å². The third-order valence-corrected chi connectivity index (χ3v) is 3.08. The van der Waals surface area contributed by atoms with Crippen molar-refractivity contribution >= 4 is 27.8 Å². The molecule has 0 fully saturated rings. The Bertz CT molecular complexity index is 624. The van der Waals surface area contributed by atoms with Gasteiger partial charge in [-0.2, -0.15) is 8.42 Å². The minimum Gasteiger partial charge on any atom is -0.461 e. The molecule has 0 unspecified atom stereocenters. The summed E-state index contributed by atoms with van der Waals surface area (Å²) in [6, 6.07) is 4.39. The Morgan fingerprint density at radius 3 is 2.43 bits per heavy atom. The standard InChI is InChI=1S/C12H14N2O6S/c1-2-11(15)20-8-7-13-12(16)14-9-3-5-10(6-4-9)21(17,18)19/h2-6H,1,7-8H2,(H2,13,14,16)(H,17,18,19). The predicted molar refractivity (Wildman–Crippen MR) is 74.4 cm³/mol. The second kappa shape index (κ2) is 7.41. The summed E-state index contributed by atoms with van der Waals surface area (Å²) < 4.78 is 35.1. The van der Waals surface area contributed by atoms with Gasteiger partial charge in [-0.3, -0.25) is 4.55 Å². The number of ether oxygens (including phenoxy) is 1. The van der Waals surface area contributed by atoms with Crippen LogP contribution in [-0.2, 0) is 19.6 Å². The number of amides is 2. The predicted octanol–water partition coefficient (Wildman–Crippen LogP) is 0.784. The largest absolute Gasteiger partial charge is 0.461 e. The fourth-order valence-electron chi connectivity index (χ4n) is 1.26. The SMILES string of the molecule is C=CC(=O)OCCNC(=O)Nc1ccc(S(=O)(=O)O)cc1. The molecule has 0 aliphatic carbocycles. The Hall–Kier alpha value is -2.39. The molecule has 114 valence electrons. The number of urea groups is 1. The van der Waals surface area contributed by atoms with Crippen molar-refractivity contribution in [2.24, 2.45) is 0 Å². The minimum atomic E-state index is -4.26. The second-order valence-corrected chi connectivity index (χ2v) is 5.17. The fourth-order valence-corrected chi connectivity index (χ4v) is 1.74. The zero-order chi connectivity index (χ0) is 15.9. The number of esters is 1. The van der Waals surface area contributed by atoms with Crippen molar-refractivity contribution in [2.75, 3.05) is 18.5 Å². The lowest BCUT2D eigenvalue weighted by atomic mass is 10.3. The van der Waals surface area contributed by atoms with Gasteiger partial charge < -0.3 is 15.4 Å². The molecule has 1 rings (SSSR count). The van der Waals surface area contributed by atoms with E-state index in [4.69, 9.17) is 4.55 Å². The molecule has 0 bridgehead atoms. The van der Waals surface area contributed by atoms with Gasteiger partial charge in [0, 0.05) is 11.8 Å². The minimum absolute atomic E-state index is 0.0000325. The highest BCUT2D eigenvalue weighted by Crippen LogP contribution is 2.13. The molecule has 0 spiro atoms. The van der Waals surface area contributed by atoms with E-state index in [0.29, 0.717) is 5.69 Å². The summed E-state index contributed by atoms with van der Waals surface area (Å²) in [5.74, 6) is -0.585. The van der Waals surface area contributed by atoms with Crippen molar-refractivity contribution in [1.82, 2.24) is 5.32 Å². The lowest BCUT2D eigenvalue weighted by Crippen LogP contribution is -2.31. The molecule has 0 aliphatic rings. The number of hydrogen-bond donors (Lipinski definition) is 3. The highest BCUT2D eigenvalue weighted by molar-refractivity contribution is 7.85. The van der Waals surface area contributed by atoms with Crippen molar-refractivity contribution < 1.29 is 27.3 Å². The van der Waals surface area contributed by atoms with E-state index in [1.807, 2.05) is 0 Å². The van der Waals surface area contributed by atoms with E-state index in [0.717, 1.165) is 18.2 Å². The van der Waals surface area contributed by atoms with Crippen LogP contribution in [0.4, 0.5) is 10.5 Å². The fraction of sp³-hybridized carbons (Fsp3) is 0.167. The zero-order valence-corrected chi connectivity index (χ0v) is 11.7. The number of benzene rings is 1. The van der Waals surface area contributed by atoms with Gasteiger partial charge in [0.2, 0.25) is 0 Å². The Kier molecular flexibility index (Phi) is 5.88. The van der Waals surface area contributed by atoms with Gasteiger partial charge in [-0.15, -0.1) is 0 Å². The first-order valence-electron chi connectivity index (χ1n) is 5.74. The van der Waals surface area contributed by atoms with Gasteiger partial charge in [-0.1, -0.05) is 6.58 Å². The van der Waals surface area contributed by atoms with Gasteiger partial charge in [0.1, 0.15) is 6.61 Å². The molecule has 3 N–H and O–H groups in total. The third-order valence-electron chi connectivity index (χ3n) is 2.21. The summed E-state index contributed by atoms with van der Waals surface area (Å²) in [4.78, 5) is 21.9. The molecule has 0 heterocycles. The van der Waals surface area contributed by atoms with E-state index in [9.17, 15) is 18.0 Å². The summed E-state index contributed by atoms with van der Waals surface area (Å²) in [5.41, 5.74) is 0.336. The van der Waals surface area contributed by atoms with Crippen LogP contribution < -0.4 is 10.6 Å². The highest BCUT2D eigenvalue weighted by Gasteiger charge is 2.09. The van der Waals surface area contributed by atoms with Crippen molar-refractivity contribution in [3.63, 3.8) is 0 Å². The molecule has 0 saturated carbocycles. The van der Waals surface area contributed by atoms with Gasteiger partial charge in [0.25, 0.3) is 10.1 Å². The molecule has 1 aromatic carbocycles. The summed E-state index contributed by atoms with van der Waals surface area (Å²) in [7, 11) is -4.26. The number of hydrogen-bond acceptors (Lipinski definition) is 5. The van der Waals surface area contributed by atoms with E-state index in [1.54, 1.807) is 0 Å². The van der Waals surface area contributed by atoms with Gasteiger partial charge in [0.15, 0.2) is 0 Å². The van der Waals surface area contributed by atoms with Crippen molar-refractivity contribution in [2.45, 2.75) is 4.90 Å². The molecule has 9 heteroatoms. The van der Waals surface area contributed by atoms with Gasteiger partial charge >= 0.3 is 12.0 Å². The second-order valence-electron chi connectivity index (χ2n) is 3.75. The maximum absolute atomic E-state index is 11.5. The van der Waals surface area contributed by atoms with Crippen LogP contribution in [0.25, 0.3) is 0 Å². The Labute approximate surface area is 121 Å². The average Bonchev–Trinajstić information content (AvgIpc) is 2.43. The Balaban J connectivity index is 2.41. The molecule has 0 aromatic heterocycles. The molecule has 2 amide bonds.